The van der Waals surface area contributed by atoms with E-state index in [0.29, 0.717) is 10.0 Å². The molecule has 0 amide bonds. The van der Waals surface area contributed by atoms with Crippen LogP contribution in [0.1, 0.15) is 31.0 Å². The van der Waals surface area contributed by atoms with E-state index in [4.69, 9.17) is 0 Å². The van der Waals surface area contributed by atoms with Crippen LogP contribution in [0.2, 0.25) is 0 Å². The highest BCUT2D eigenvalue weighted by Gasteiger charge is 2.38. The Bertz CT molecular complexity index is 543. The van der Waals surface area contributed by atoms with Gasteiger partial charge in [0.1, 0.15) is 0 Å². The summed E-state index contributed by atoms with van der Waals surface area (Å²) in [7, 11) is 0. The average Bonchev–Trinajstić information content (AvgIpc) is 2.49. The maximum absolute atomic E-state index is 13.1. The van der Waals surface area contributed by atoms with E-state index in [1.54, 1.807) is 0 Å². The number of halogens is 4. The molecular formula is C16H22BrF3N2O. The van der Waals surface area contributed by atoms with Crippen LogP contribution in [0, 0.1) is 5.41 Å². The number of benzene rings is 1. The van der Waals surface area contributed by atoms with Gasteiger partial charge in [-0.3, -0.25) is 4.90 Å². The fourth-order valence-electron chi connectivity index (χ4n) is 3.07. The van der Waals surface area contributed by atoms with Gasteiger partial charge in [-0.05, 0) is 23.8 Å². The van der Waals surface area contributed by atoms with Crippen molar-refractivity contribution in [3.05, 3.63) is 33.8 Å². The molecule has 0 aliphatic carbocycles. The minimum Gasteiger partial charge on any atom is -0.396 e. The molecule has 0 saturated carbocycles. The number of nitrogens with zero attached hydrogens (tertiary/aromatic N) is 1. The van der Waals surface area contributed by atoms with Crippen molar-refractivity contribution < 1.29 is 18.3 Å². The van der Waals surface area contributed by atoms with Crippen molar-refractivity contribution in [3.8, 4) is 0 Å². The van der Waals surface area contributed by atoms with Crippen molar-refractivity contribution >= 4 is 15.9 Å². The van der Waals surface area contributed by atoms with Crippen molar-refractivity contribution in [1.29, 1.82) is 0 Å². The molecule has 1 saturated heterocycles. The SMILES string of the molecule is CC(C)(CO)[C@H](c1cc(C(F)(F)F)ccc1Br)N1CCNCC1. The summed E-state index contributed by atoms with van der Waals surface area (Å²) in [5, 5.41) is 13.0. The smallest absolute Gasteiger partial charge is 0.396 e. The van der Waals surface area contributed by atoms with E-state index < -0.39 is 17.2 Å². The molecule has 1 aromatic rings. The molecule has 3 nitrogen and oxygen atoms in total. The first-order chi connectivity index (χ1) is 10.7. The normalized spacial score (nSPS) is 18.9. The second-order valence-corrected chi connectivity index (χ2v) is 7.42. The lowest BCUT2D eigenvalue weighted by molar-refractivity contribution is -0.137. The average molecular weight is 395 g/mol. The number of hydrogen-bond acceptors (Lipinski definition) is 3. The maximum Gasteiger partial charge on any atom is 0.416 e. The standard InChI is InChI=1S/C16H22BrF3N2O/c1-15(2,10-23)14(22-7-5-21-6-8-22)12-9-11(16(18,19)20)3-4-13(12)17/h3-4,9,14,21,23H,5-8,10H2,1-2H3/t14-/m0/s1. The van der Waals surface area contributed by atoms with Gasteiger partial charge in [-0.2, -0.15) is 13.2 Å². The summed E-state index contributed by atoms with van der Waals surface area (Å²) in [6.45, 7) is 6.69. The van der Waals surface area contributed by atoms with Crippen LogP contribution in [0.4, 0.5) is 13.2 Å². The molecule has 0 radical (unpaired) electrons. The minimum atomic E-state index is -4.38. The molecule has 2 N–H and O–H groups in total. The largest absolute Gasteiger partial charge is 0.416 e. The highest BCUT2D eigenvalue weighted by molar-refractivity contribution is 9.10. The quantitative estimate of drug-likeness (QED) is 0.820. The van der Waals surface area contributed by atoms with Gasteiger partial charge in [0.05, 0.1) is 5.56 Å². The van der Waals surface area contributed by atoms with Crippen LogP contribution in [0.25, 0.3) is 0 Å². The molecule has 0 spiro atoms. The van der Waals surface area contributed by atoms with Crippen LogP contribution < -0.4 is 5.32 Å². The van der Waals surface area contributed by atoms with E-state index in [2.05, 4.69) is 26.1 Å². The summed E-state index contributed by atoms with van der Waals surface area (Å²) in [5.74, 6) is 0. The second kappa shape index (κ2) is 7.09. The molecule has 0 aromatic heterocycles. The van der Waals surface area contributed by atoms with Gasteiger partial charge >= 0.3 is 6.18 Å². The second-order valence-electron chi connectivity index (χ2n) is 6.57. The van der Waals surface area contributed by atoms with Gasteiger partial charge in [-0.25, -0.2) is 0 Å². The van der Waals surface area contributed by atoms with Crippen molar-refractivity contribution in [3.63, 3.8) is 0 Å². The van der Waals surface area contributed by atoms with Gasteiger partial charge in [0.2, 0.25) is 0 Å². The molecule has 0 unspecified atom stereocenters. The van der Waals surface area contributed by atoms with Crippen LogP contribution in [-0.4, -0.2) is 42.8 Å². The molecule has 1 aromatic carbocycles. The Labute approximate surface area is 143 Å². The van der Waals surface area contributed by atoms with E-state index in [-0.39, 0.29) is 12.6 Å². The fourth-order valence-corrected chi connectivity index (χ4v) is 3.53. The van der Waals surface area contributed by atoms with Gasteiger partial charge in [-0.15, -0.1) is 0 Å². The molecule has 1 aliphatic rings. The van der Waals surface area contributed by atoms with E-state index in [1.807, 2.05) is 13.8 Å². The Morgan fingerprint density at radius 2 is 1.87 bits per heavy atom. The molecule has 23 heavy (non-hydrogen) atoms. The van der Waals surface area contributed by atoms with Crippen molar-refractivity contribution in [1.82, 2.24) is 10.2 Å². The molecule has 1 fully saturated rings. The third kappa shape index (κ3) is 4.26. The highest BCUT2D eigenvalue weighted by Crippen LogP contribution is 2.43. The zero-order valence-corrected chi connectivity index (χ0v) is 14.8. The third-order valence-electron chi connectivity index (χ3n) is 4.28. The zero-order chi connectivity index (χ0) is 17.3. The van der Waals surface area contributed by atoms with E-state index in [9.17, 15) is 18.3 Å². The highest BCUT2D eigenvalue weighted by atomic mass is 79.9. The van der Waals surface area contributed by atoms with E-state index in [1.165, 1.54) is 12.1 Å². The van der Waals surface area contributed by atoms with Crippen LogP contribution in [0.3, 0.4) is 0 Å². The maximum atomic E-state index is 13.1. The predicted molar refractivity (Wildman–Crippen MR) is 87.2 cm³/mol. The zero-order valence-electron chi connectivity index (χ0n) is 13.3. The van der Waals surface area contributed by atoms with Crippen molar-refractivity contribution in [2.45, 2.75) is 26.1 Å². The molecule has 7 heteroatoms. The Balaban J connectivity index is 2.50. The van der Waals surface area contributed by atoms with Gasteiger partial charge in [0.15, 0.2) is 0 Å². The minimum absolute atomic E-state index is 0.107. The van der Waals surface area contributed by atoms with Crippen LogP contribution >= 0.6 is 15.9 Å². The van der Waals surface area contributed by atoms with E-state index >= 15 is 0 Å². The number of piperazine rings is 1. The van der Waals surface area contributed by atoms with Crippen molar-refractivity contribution in [2.75, 3.05) is 32.8 Å². The summed E-state index contributed by atoms with van der Waals surface area (Å²) in [4.78, 5) is 2.15. The lowest BCUT2D eigenvalue weighted by atomic mass is 9.79. The number of alkyl halides is 3. The molecule has 1 aliphatic heterocycles. The van der Waals surface area contributed by atoms with Gasteiger partial charge in [0.25, 0.3) is 0 Å². The van der Waals surface area contributed by atoms with Crippen LogP contribution in [0.15, 0.2) is 22.7 Å². The van der Waals surface area contributed by atoms with E-state index in [0.717, 1.165) is 32.2 Å². The molecular weight excluding hydrogens is 373 g/mol. The first kappa shape index (κ1) is 18.7. The predicted octanol–water partition coefficient (Wildman–Crippen LogP) is 3.43. The summed E-state index contributed by atoms with van der Waals surface area (Å²) in [5.41, 5.74) is -0.658. The molecule has 1 heterocycles. The van der Waals surface area contributed by atoms with Crippen molar-refractivity contribution in [2.24, 2.45) is 5.41 Å². The molecule has 2 rings (SSSR count). The fraction of sp³-hybridized carbons (Fsp3) is 0.625. The Kier molecular flexibility index (Phi) is 5.76. The summed E-state index contributed by atoms with van der Waals surface area (Å²) in [6, 6.07) is 3.43. The Morgan fingerprint density at radius 1 is 1.26 bits per heavy atom. The van der Waals surface area contributed by atoms with Gasteiger partial charge in [0, 0.05) is 48.7 Å². The Hall–Kier alpha value is -0.630. The molecule has 130 valence electrons. The molecule has 1 atom stereocenters. The number of nitrogens with one attached hydrogen (secondary N) is 1. The van der Waals surface area contributed by atoms with Gasteiger partial charge < -0.3 is 10.4 Å². The lowest BCUT2D eigenvalue weighted by Gasteiger charge is -2.44. The van der Waals surface area contributed by atoms with Crippen LogP contribution in [0.5, 0.6) is 0 Å². The first-order valence-corrected chi connectivity index (χ1v) is 8.38. The first-order valence-electron chi connectivity index (χ1n) is 7.59. The number of aliphatic hydroxyl groups excluding tert-OH is 1. The number of rotatable bonds is 4. The summed E-state index contributed by atoms with van der Waals surface area (Å²) >= 11 is 3.39. The summed E-state index contributed by atoms with van der Waals surface area (Å²) in [6.07, 6.45) is -4.38. The summed E-state index contributed by atoms with van der Waals surface area (Å²) < 4.78 is 39.9. The van der Waals surface area contributed by atoms with Gasteiger partial charge in [-0.1, -0.05) is 29.8 Å². The number of aliphatic hydroxyl groups is 1. The monoisotopic (exact) mass is 394 g/mol. The van der Waals surface area contributed by atoms with Crippen LogP contribution in [-0.2, 0) is 6.18 Å². The third-order valence-corrected chi connectivity index (χ3v) is 5.00. The Morgan fingerprint density at radius 3 is 2.39 bits per heavy atom. The lowest BCUT2D eigenvalue weighted by Crippen LogP contribution is -2.49. The topological polar surface area (TPSA) is 35.5 Å². The number of hydrogen-bond donors (Lipinski definition) is 2. The molecule has 0 bridgehead atoms.